The highest BCUT2D eigenvalue weighted by Crippen LogP contribution is 2.40. The molecule has 9 rings (SSSR count). The van der Waals surface area contributed by atoms with Gasteiger partial charge in [0.15, 0.2) is 0 Å². The first-order valence-corrected chi connectivity index (χ1v) is 18.0. The van der Waals surface area contributed by atoms with Crippen LogP contribution < -0.4 is 0 Å². The van der Waals surface area contributed by atoms with Gasteiger partial charge in [-0.2, -0.15) is 0 Å². The lowest BCUT2D eigenvalue weighted by atomic mass is 9.92. The van der Waals surface area contributed by atoms with Gasteiger partial charge in [0.1, 0.15) is 17.1 Å². The average Bonchev–Trinajstić information content (AvgIpc) is 3.86. The average molecular weight is 678 g/mol. The van der Waals surface area contributed by atoms with Crippen LogP contribution in [0.4, 0.5) is 0 Å². The van der Waals surface area contributed by atoms with Crippen LogP contribution in [0.2, 0.25) is 0 Å². The highest BCUT2D eigenvalue weighted by atomic mass is 16.3. The summed E-state index contributed by atoms with van der Waals surface area (Å²) in [7, 11) is 0. The Morgan fingerprint density at radius 1 is 0.558 bits per heavy atom. The van der Waals surface area contributed by atoms with E-state index in [0.717, 1.165) is 73.0 Å². The Kier molecular flexibility index (Phi) is 7.54. The van der Waals surface area contributed by atoms with E-state index >= 15 is 0 Å². The zero-order chi connectivity index (χ0) is 35.5. The molecule has 0 spiro atoms. The summed E-state index contributed by atoms with van der Waals surface area (Å²) in [6.07, 6.45) is 2.19. The maximum Gasteiger partial charge on any atom is 0.220 e. The predicted octanol–water partition coefficient (Wildman–Crippen LogP) is 11.6. The van der Waals surface area contributed by atoms with Crippen LogP contribution in [0.15, 0.2) is 146 Å². The van der Waals surface area contributed by atoms with Gasteiger partial charge in [0.2, 0.25) is 5.78 Å². The Labute approximate surface area is 302 Å². The van der Waals surface area contributed by atoms with Crippen molar-refractivity contribution in [1.29, 1.82) is 0 Å². The third-order valence-electron chi connectivity index (χ3n) is 10.1. The zero-order valence-corrected chi connectivity index (χ0v) is 29.7. The largest absolute Gasteiger partial charge is 0.507 e. The minimum Gasteiger partial charge on any atom is -0.507 e. The summed E-state index contributed by atoms with van der Waals surface area (Å²) in [6.45, 7) is 9.01. The first-order valence-electron chi connectivity index (χ1n) is 18.0. The molecule has 3 aromatic heterocycles. The molecule has 9 aromatic rings. The van der Waals surface area contributed by atoms with Gasteiger partial charge in [0, 0.05) is 28.6 Å². The van der Waals surface area contributed by atoms with Crippen LogP contribution in [0.5, 0.6) is 5.75 Å². The van der Waals surface area contributed by atoms with Crippen LogP contribution in [0.1, 0.15) is 50.7 Å². The van der Waals surface area contributed by atoms with E-state index in [1.165, 1.54) is 11.1 Å². The van der Waals surface area contributed by atoms with E-state index in [1.54, 1.807) is 6.07 Å². The molecular formula is C46H39N5O. The van der Waals surface area contributed by atoms with Crippen LogP contribution in [0.25, 0.3) is 73.0 Å². The van der Waals surface area contributed by atoms with Crippen LogP contribution in [-0.4, -0.2) is 28.6 Å². The Morgan fingerprint density at radius 3 is 1.92 bits per heavy atom. The van der Waals surface area contributed by atoms with Crippen LogP contribution in [0.3, 0.4) is 0 Å². The number of phenolic OH excluding ortho intramolecular Hbond substituents is 1. The molecule has 0 radical (unpaired) electrons. The quantitative estimate of drug-likeness (QED) is 0.183. The number of nitrogens with zero attached hydrogens (tertiary/aromatic N) is 5. The molecule has 0 saturated heterocycles. The van der Waals surface area contributed by atoms with E-state index < -0.39 is 0 Å². The second-order valence-corrected chi connectivity index (χ2v) is 14.1. The van der Waals surface area contributed by atoms with Crippen LogP contribution in [0, 0.1) is 0 Å². The number of fused-ring (bicyclic) bond motifs is 5. The molecule has 0 fully saturated rings. The molecule has 6 nitrogen and oxygen atoms in total. The SMILES string of the molecule is CC(C)c1cccc(C(C)C)c1-n1cc(-c2cccc3c2nc2n(-c4ccccc4)c4ccccc4n32)nc1-c1cccc(-c2ccccc2O)c1. The Bertz CT molecular complexity index is 2740. The van der Waals surface area contributed by atoms with Crippen molar-refractivity contribution >= 4 is 27.8 Å². The van der Waals surface area contributed by atoms with Crippen molar-refractivity contribution in [2.75, 3.05) is 0 Å². The minimum absolute atomic E-state index is 0.251. The monoisotopic (exact) mass is 677 g/mol. The van der Waals surface area contributed by atoms with Gasteiger partial charge >= 0.3 is 0 Å². The number of benzene rings is 6. The van der Waals surface area contributed by atoms with Crippen molar-refractivity contribution in [3.8, 4) is 50.9 Å². The highest BCUT2D eigenvalue weighted by Gasteiger charge is 2.24. The second-order valence-electron chi connectivity index (χ2n) is 14.1. The maximum absolute atomic E-state index is 10.8. The van der Waals surface area contributed by atoms with Gasteiger partial charge < -0.3 is 5.11 Å². The van der Waals surface area contributed by atoms with Gasteiger partial charge in [0.25, 0.3) is 0 Å². The number of para-hydroxylation sites is 6. The number of phenols is 1. The molecule has 0 saturated carbocycles. The number of hydrogen-bond acceptors (Lipinski definition) is 3. The van der Waals surface area contributed by atoms with Gasteiger partial charge in [-0.05, 0) is 71.0 Å². The lowest BCUT2D eigenvalue weighted by Crippen LogP contribution is -2.07. The van der Waals surface area contributed by atoms with Crippen molar-refractivity contribution in [1.82, 2.24) is 23.5 Å². The van der Waals surface area contributed by atoms with E-state index in [1.807, 2.05) is 36.4 Å². The summed E-state index contributed by atoms with van der Waals surface area (Å²) in [5, 5.41) is 10.8. The van der Waals surface area contributed by atoms with Crippen LogP contribution >= 0.6 is 0 Å². The fraction of sp³-hybridized carbons (Fsp3) is 0.130. The van der Waals surface area contributed by atoms with E-state index in [0.29, 0.717) is 11.8 Å². The highest BCUT2D eigenvalue weighted by molar-refractivity contribution is 5.98. The molecule has 0 aliphatic rings. The van der Waals surface area contributed by atoms with Gasteiger partial charge in [-0.3, -0.25) is 13.5 Å². The molecule has 6 aromatic carbocycles. The third-order valence-corrected chi connectivity index (χ3v) is 10.1. The molecule has 0 bridgehead atoms. The molecule has 0 aliphatic heterocycles. The molecule has 0 aliphatic carbocycles. The number of aromatic nitrogens is 5. The first-order chi connectivity index (χ1) is 25.4. The number of aromatic hydroxyl groups is 1. The fourth-order valence-corrected chi connectivity index (χ4v) is 7.68. The van der Waals surface area contributed by atoms with Gasteiger partial charge in [-0.15, -0.1) is 0 Å². The molecule has 6 heteroatoms. The van der Waals surface area contributed by atoms with Crippen molar-refractivity contribution in [3.05, 3.63) is 157 Å². The van der Waals surface area contributed by atoms with Crippen LogP contribution in [-0.2, 0) is 0 Å². The van der Waals surface area contributed by atoms with Gasteiger partial charge in [-0.1, -0.05) is 125 Å². The normalized spacial score (nSPS) is 11.9. The molecule has 3 heterocycles. The minimum atomic E-state index is 0.251. The molecule has 254 valence electrons. The Hall–Kier alpha value is -6.40. The first kappa shape index (κ1) is 31.6. The standard InChI is InChI=1S/C46H39N5O/c1-29(2)34-20-13-21-35(30(3)4)44(34)49-28-38(47-45(49)32-16-12-15-31(27-32)36-19-8-11-26-42(36)52)37-22-14-25-41-43(37)48-46-50(33-17-6-5-7-18-33)39-23-9-10-24-40(39)51(41)46/h5-30,52H,1-4H3. The van der Waals surface area contributed by atoms with E-state index in [-0.39, 0.29) is 5.75 Å². The number of imidazole rings is 3. The summed E-state index contributed by atoms with van der Waals surface area (Å²) in [5.74, 6) is 2.54. The zero-order valence-electron chi connectivity index (χ0n) is 29.7. The molecule has 0 amide bonds. The summed E-state index contributed by atoms with van der Waals surface area (Å²) >= 11 is 0. The number of hydrogen-bond donors (Lipinski definition) is 1. The van der Waals surface area contributed by atoms with Gasteiger partial charge in [0.05, 0.1) is 27.9 Å². The Morgan fingerprint density at radius 2 is 1.17 bits per heavy atom. The lowest BCUT2D eigenvalue weighted by molar-refractivity contribution is 0.477. The smallest absolute Gasteiger partial charge is 0.220 e. The summed E-state index contributed by atoms with van der Waals surface area (Å²) < 4.78 is 6.79. The maximum atomic E-state index is 10.8. The van der Waals surface area contributed by atoms with E-state index in [2.05, 4.69) is 144 Å². The van der Waals surface area contributed by atoms with E-state index in [9.17, 15) is 5.11 Å². The number of rotatable bonds is 7. The predicted molar refractivity (Wildman–Crippen MR) is 213 cm³/mol. The third kappa shape index (κ3) is 5.02. The van der Waals surface area contributed by atoms with Crippen molar-refractivity contribution < 1.29 is 5.11 Å². The molecule has 0 unspecified atom stereocenters. The summed E-state index contributed by atoms with van der Waals surface area (Å²) in [4.78, 5) is 10.9. The second kappa shape index (κ2) is 12.4. The van der Waals surface area contributed by atoms with Crippen molar-refractivity contribution in [3.63, 3.8) is 0 Å². The topological polar surface area (TPSA) is 60.3 Å². The molecular weight excluding hydrogens is 639 g/mol. The fourth-order valence-electron chi connectivity index (χ4n) is 7.68. The lowest BCUT2D eigenvalue weighted by Gasteiger charge is -2.22. The van der Waals surface area contributed by atoms with Gasteiger partial charge in [-0.25, -0.2) is 9.97 Å². The Balaban J connectivity index is 1.33. The molecule has 1 N–H and O–H groups in total. The summed E-state index contributed by atoms with van der Waals surface area (Å²) in [6, 6.07) is 47.8. The van der Waals surface area contributed by atoms with E-state index in [4.69, 9.17) is 9.97 Å². The van der Waals surface area contributed by atoms with Crippen molar-refractivity contribution in [2.45, 2.75) is 39.5 Å². The molecule has 0 atom stereocenters. The molecule has 52 heavy (non-hydrogen) atoms. The summed E-state index contributed by atoms with van der Waals surface area (Å²) in [5.41, 5.74) is 13.4. The van der Waals surface area contributed by atoms with Crippen molar-refractivity contribution in [2.24, 2.45) is 0 Å².